The minimum Gasteiger partial charge on any atom is -0.381 e. The Kier molecular flexibility index (Phi) is 5.52. The van der Waals surface area contributed by atoms with Gasteiger partial charge in [0.25, 0.3) is 0 Å². The van der Waals surface area contributed by atoms with E-state index in [1.54, 1.807) is 0 Å². The number of ether oxygens (including phenoxy) is 2. The number of pyridine rings is 1. The summed E-state index contributed by atoms with van der Waals surface area (Å²) in [5.74, 6) is 0. The van der Waals surface area contributed by atoms with Crippen LogP contribution in [0.3, 0.4) is 0 Å². The summed E-state index contributed by atoms with van der Waals surface area (Å²) in [5.41, 5.74) is 2.31. The number of hydrogen-bond donors (Lipinski definition) is 1. The third-order valence-corrected chi connectivity index (χ3v) is 4.26. The summed E-state index contributed by atoms with van der Waals surface area (Å²) < 4.78 is 11.5. The molecule has 1 N–H and O–H groups in total. The molecule has 1 aliphatic heterocycles. The van der Waals surface area contributed by atoms with Crippen LogP contribution in [0, 0.1) is 6.92 Å². The second-order valence-corrected chi connectivity index (χ2v) is 5.50. The van der Waals surface area contributed by atoms with Gasteiger partial charge in [-0.15, -0.1) is 0 Å². The van der Waals surface area contributed by atoms with Crippen molar-refractivity contribution in [3.8, 4) is 0 Å². The molecular weight excluding hydrogens is 252 g/mol. The maximum Gasteiger partial charge on any atom is 0.0916 e. The average molecular weight is 278 g/mol. The first-order chi connectivity index (χ1) is 9.73. The molecule has 2 heterocycles. The van der Waals surface area contributed by atoms with Crippen molar-refractivity contribution in [3.63, 3.8) is 0 Å². The molecule has 0 spiro atoms. The fourth-order valence-corrected chi connectivity index (χ4v) is 2.97. The minimum atomic E-state index is -0.193. The van der Waals surface area contributed by atoms with Crippen LogP contribution in [-0.4, -0.2) is 37.5 Å². The van der Waals surface area contributed by atoms with Gasteiger partial charge in [0, 0.05) is 45.6 Å². The molecule has 0 amide bonds. The van der Waals surface area contributed by atoms with Gasteiger partial charge in [-0.2, -0.15) is 0 Å². The molecular formula is C16H26N2O2. The highest BCUT2D eigenvalue weighted by atomic mass is 16.5. The van der Waals surface area contributed by atoms with Crippen LogP contribution in [0.1, 0.15) is 43.4 Å². The quantitative estimate of drug-likeness (QED) is 0.868. The Morgan fingerprint density at radius 3 is 2.80 bits per heavy atom. The van der Waals surface area contributed by atoms with Crippen molar-refractivity contribution in [3.05, 3.63) is 29.6 Å². The number of aromatic nitrogens is 1. The largest absolute Gasteiger partial charge is 0.381 e. The van der Waals surface area contributed by atoms with Gasteiger partial charge in [-0.3, -0.25) is 4.98 Å². The monoisotopic (exact) mass is 278 g/mol. The van der Waals surface area contributed by atoms with E-state index in [0.717, 1.165) is 39.0 Å². The molecule has 1 aromatic heterocycles. The van der Waals surface area contributed by atoms with E-state index in [1.807, 2.05) is 19.5 Å². The Balaban J connectivity index is 2.33. The van der Waals surface area contributed by atoms with Crippen molar-refractivity contribution in [2.75, 3.05) is 26.9 Å². The summed E-state index contributed by atoms with van der Waals surface area (Å²) in [4.78, 5) is 4.31. The Morgan fingerprint density at radius 1 is 1.45 bits per heavy atom. The lowest BCUT2D eigenvalue weighted by atomic mass is 9.81. The molecule has 4 nitrogen and oxygen atoms in total. The van der Waals surface area contributed by atoms with Crippen LogP contribution in [0.5, 0.6) is 0 Å². The molecule has 1 aliphatic rings. The molecule has 0 aromatic carbocycles. The van der Waals surface area contributed by atoms with Crippen LogP contribution in [0.25, 0.3) is 0 Å². The second kappa shape index (κ2) is 7.16. The number of hydrogen-bond acceptors (Lipinski definition) is 4. The molecule has 112 valence electrons. The Labute approximate surface area is 121 Å². The molecule has 0 aliphatic carbocycles. The van der Waals surface area contributed by atoms with E-state index in [4.69, 9.17) is 9.47 Å². The van der Waals surface area contributed by atoms with E-state index in [-0.39, 0.29) is 11.6 Å². The van der Waals surface area contributed by atoms with Crippen molar-refractivity contribution in [2.45, 2.75) is 44.8 Å². The van der Waals surface area contributed by atoms with E-state index in [1.165, 1.54) is 11.1 Å². The lowest BCUT2D eigenvalue weighted by Crippen LogP contribution is -2.49. The first-order valence-corrected chi connectivity index (χ1v) is 7.50. The van der Waals surface area contributed by atoms with Crippen LogP contribution in [0.15, 0.2) is 18.5 Å². The molecule has 4 heteroatoms. The number of nitrogens with one attached hydrogen (secondary N) is 1. The molecule has 1 saturated heterocycles. The second-order valence-electron chi connectivity index (χ2n) is 5.50. The Morgan fingerprint density at radius 2 is 2.20 bits per heavy atom. The summed E-state index contributed by atoms with van der Waals surface area (Å²) in [6.45, 7) is 6.82. The van der Waals surface area contributed by atoms with E-state index < -0.39 is 0 Å². The molecule has 0 saturated carbocycles. The molecule has 2 rings (SSSR count). The van der Waals surface area contributed by atoms with Crippen LogP contribution >= 0.6 is 0 Å². The zero-order valence-electron chi connectivity index (χ0n) is 12.8. The van der Waals surface area contributed by atoms with Crippen molar-refractivity contribution < 1.29 is 9.47 Å². The number of aryl methyl sites for hydroxylation is 1. The van der Waals surface area contributed by atoms with Gasteiger partial charge in [0.2, 0.25) is 0 Å². The molecule has 1 unspecified atom stereocenters. The molecule has 20 heavy (non-hydrogen) atoms. The number of methoxy groups -OCH3 is 1. The molecule has 1 atom stereocenters. The van der Waals surface area contributed by atoms with E-state index in [9.17, 15) is 0 Å². The molecule has 1 aromatic rings. The molecule has 0 radical (unpaired) electrons. The fourth-order valence-electron chi connectivity index (χ4n) is 2.97. The van der Waals surface area contributed by atoms with Gasteiger partial charge in [0.05, 0.1) is 11.6 Å². The van der Waals surface area contributed by atoms with Crippen LogP contribution in [0.4, 0.5) is 0 Å². The predicted octanol–water partition coefficient (Wildman–Crippen LogP) is 2.63. The van der Waals surface area contributed by atoms with Crippen molar-refractivity contribution in [1.29, 1.82) is 0 Å². The number of nitrogens with zero attached hydrogens (tertiary/aromatic N) is 1. The summed E-state index contributed by atoms with van der Waals surface area (Å²) in [6, 6.07) is 2.24. The standard InChI is InChI=1S/C16H26N2O2/c1-4-8-18-15(14-12-17-9-5-13(14)2)16(19-3)6-10-20-11-7-16/h5,9,12,15,18H,4,6-8,10-11H2,1-3H3. The van der Waals surface area contributed by atoms with Gasteiger partial charge in [0.15, 0.2) is 0 Å². The van der Waals surface area contributed by atoms with Crippen LogP contribution < -0.4 is 5.32 Å². The zero-order valence-corrected chi connectivity index (χ0v) is 12.8. The van der Waals surface area contributed by atoms with E-state index in [2.05, 4.69) is 30.2 Å². The van der Waals surface area contributed by atoms with Gasteiger partial charge >= 0.3 is 0 Å². The topological polar surface area (TPSA) is 43.4 Å². The fraction of sp³-hybridized carbons (Fsp3) is 0.688. The first-order valence-electron chi connectivity index (χ1n) is 7.50. The van der Waals surface area contributed by atoms with Crippen LogP contribution in [0.2, 0.25) is 0 Å². The highest BCUT2D eigenvalue weighted by Gasteiger charge is 2.41. The van der Waals surface area contributed by atoms with Gasteiger partial charge in [-0.1, -0.05) is 6.92 Å². The Bertz CT molecular complexity index is 417. The summed E-state index contributed by atoms with van der Waals surface area (Å²) >= 11 is 0. The summed E-state index contributed by atoms with van der Waals surface area (Å²) in [5, 5.41) is 3.67. The zero-order chi connectivity index (χ0) is 14.4. The normalized spacial score (nSPS) is 19.8. The van der Waals surface area contributed by atoms with Crippen molar-refractivity contribution in [2.24, 2.45) is 0 Å². The lowest BCUT2D eigenvalue weighted by Gasteiger charge is -2.43. The van der Waals surface area contributed by atoms with E-state index in [0.29, 0.717) is 0 Å². The Hall–Kier alpha value is -0.970. The lowest BCUT2D eigenvalue weighted by molar-refractivity contribution is -0.111. The van der Waals surface area contributed by atoms with Crippen molar-refractivity contribution in [1.82, 2.24) is 10.3 Å². The molecule has 0 bridgehead atoms. The SMILES string of the molecule is CCCNC(c1cnccc1C)C1(OC)CCOCC1. The number of rotatable bonds is 6. The van der Waals surface area contributed by atoms with Crippen LogP contribution in [-0.2, 0) is 9.47 Å². The van der Waals surface area contributed by atoms with Gasteiger partial charge in [0.1, 0.15) is 0 Å². The van der Waals surface area contributed by atoms with Crippen molar-refractivity contribution >= 4 is 0 Å². The maximum absolute atomic E-state index is 5.98. The highest BCUT2D eigenvalue weighted by Crippen LogP contribution is 2.38. The van der Waals surface area contributed by atoms with Gasteiger partial charge in [-0.05, 0) is 37.1 Å². The average Bonchev–Trinajstić information content (AvgIpc) is 2.50. The summed E-state index contributed by atoms with van der Waals surface area (Å²) in [7, 11) is 1.82. The predicted molar refractivity (Wildman–Crippen MR) is 79.8 cm³/mol. The first kappa shape index (κ1) is 15.4. The highest BCUT2D eigenvalue weighted by molar-refractivity contribution is 5.28. The maximum atomic E-state index is 5.98. The van der Waals surface area contributed by atoms with Gasteiger partial charge in [-0.25, -0.2) is 0 Å². The minimum absolute atomic E-state index is 0.171. The van der Waals surface area contributed by atoms with Gasteiger partial charge < -0.3 is 14.8 Å². The van der Waals surface area contributed by atoms with E-state index >= 15 is 0 Å². The third kappa shape index (κ3) is 3.19. The summed E-state index contributed by atoms with van der Waals surface area (Å²) in [6.07, 6.45) is 6.75. The smallest absolute Gasteiger partial charge is 0.0916 e. The third-order valence-electron chi connectivity index (χ3n) is 4.26. The molecule has 1 fully saturated rings.